The number of carbonyl (C=O) groups is 1. The van der Waals surface area contributed by atoms with E-state index in [9.17, 15) is 9.18 Å². The SMILES string of the molecule is CC(C)C[C@@](C)(Cc1ccccc1)NC(=O)c1cnc2cc(F)ccc2c1.S. The summed E-state index contributed by atoms with van der Waals surface area (Å²) in [5.41, 5.74) is 1.84. The first-order valence-electron chi connectivity index (χ1n) is 9.26. The predicted molar refractivity (Wildman–Crippen MR) is 118 cm³/mol. The minimum absolute atomic E-state index is 0. The number of halogens is 1. The standard InChI is InChI=1S/C23H25FN2O.H2S/c1-16(2)13-23(3,14-17-7-5-4-6-8-17)26-22(27)19-11-18-9-10-20(24)12-21(18)25-15-19;/h4-12,15-16H,13-14H2,1-3H3,(H,26,27);1H2/t23-;/m0./s1. The van der Waals surface area contributed by atoms with Crippen LogP contribution in [-0.2, 0) is 6.42 Å². The Morgan fingerprint density at radius 2 is 1.86 bits per heavy atom. The van der Waals surface area contributed by atoms with Gasteiger partial charge in [-0.2, -0.15) is 13.5 Å². The van der Waals surface area contributed by atoms with E-state index in [4.69, 9.17) is 0 Å². The maximum absolute atomic E-state index is 13.3. The minimum Gasteiger partial charge on any atom is -0.346 e. The van der Waals surface area contributed by atoms with E-state index in [0.717, 1.165) is 18.2 Å². The van der Waals surface area contributed by atoms with Crippen molar-refractivity contribution in [2.75, 3.05) is 0 Å². The number of pyridine rings is 1. The molecule has 28 heavy (non-hydrogen) atoms. The smallest absolute Gasteiger partial charge is 0.253 e. The fourth-order valence-electron chi connectivity index (χ4n) is 3.68. The van der Waals surface area contributed by atoms with Crippen molar-refractivity contribution in [3.8, 4) is 0 Å². The molecule has 0 aliphatic rings. The van der Waals surface area contributed by atoms with Gasteiger partial charge in [-0.05, 0) is 49.4 Å². The van der Waals surface area contributed by atoms with Gasteiger partial charge in [0.05, 0.1) is 11.1 Å². The Balaban J connectivity index is 0.00000280. The summed E-state index contributed by atoms with van der Waals surface area (Å²) in [6.45, 7) is 6.39. The highest BCUT2D eigenvalue weighted by Crippen LogP contribution is 2.23. The lowest BCUT2D eigenvalue weighted by molar-refractivity contribution is 0.0894. The Bertz CT molecular complexity index is 946. The number of fused-ring (bicyclic) bond motifs is 1. The summed E-state index contributed by atoms with van der Waals surface area (Å²) in [4.78, 5) is 17.2. The van der Waals surface area contributed by atoms with Crippen LogP contribution >= 0.6 is 13.5 Å². The van der Waals surface area contributed by atoms with Crippen LogP contribution in [0, 0.1) is 11.7 Å². The normalized spacial score (nSPS) is 13.0. The molecule has 0 radical (unpaired) electrons. The van der Waals surface area contributed by atoms with Gasteiger partial charge in [0.1, 0.15) is 5.82 Å². The molecule has 0 saturated carbocycles. The number of hydrogen-bond donors (Lipinski definition) is 1. The summed E-state index contributed by atoms with van der Waals surface area (Å²) in [5, 5.41) is 3.96. The molecule has 1 heterocycles. The second kappa shape index (κ2) is 9.20. The summed E-state index contributed by atoms with van der Waals surface area (Å²) in [6.07, 6.45) is 3.12. The third-order valence-corrected chi connectivity index (χ3v) is 4.62. The Kier molecular flexibility index (Phi) is 7.19. The van der Waals surface area contributed by atoms with Crippen LogP contribution in [0.4, 0.5) is 4.39 Å². The van der Waals surface area contributed by atoms with Crippen molar-refractivity contribution in [3.63, 3.8) is 0 Å². The molecule has 148 valence electrons. The zero-order valence-electron chi connectivity index (χ0n) is 16.5. The first kappa shape index (κ1) is 21.9. The first-order chi connectivity index (χ1) is 12.8. The summed E-state index contributed by atoms with van der Waals surface area (Å²) >= 11 is 0. The van der Waals surface area contributed by atoms with Crippen LogP contribution in [0.3, 0.4) is 0 Å². The van der Waals surface area contributed by atoms with Gasteiger partial charge in [-0.3, -0.25) is 9.78 Å². The van der Waals surface area contributed by atoms with Gasteiger partial charge in [-0.1, -0.05) is 44.2 Å². The van der Waals surface area contributed by atoms with E-state index in [2.05, 4.69) is 43.2 Å². The van der Waals surface area contributed by atoms with Crippen molar-refractivity contribution in [2.45, 2.75) is 39.2 Å². The van der Waals surface area contributed by atoms with Gasteiger partial charge in [0.2, 0.25) is 0 Å². The number of hydrogen-bond acceptors (Lipinski definition) is 2. The Morgan fingerprint density at radius 1 is 1.14 bits per heavy atom. The number of amides is 1. The van der Waals surface area contributed by atoms with Gasteiger partial charge in [0.25, 0.3) is 5.91 Å². The van der Waals surface area contributed by atoms with Crippen LogP contribution in [0.5, 0.6) is 0 Å². The second-order valence-corrected chi connectivity index (χ2v) is 7.84. The Hall–Kier alpha value is -2.40. The summed E-state index contributed by atoms with van der Waals surface area (Å²) in [5.74, 6) is -0.0518. The molecule has 0 fully saturated rings. The van der Waals surface area contributed by atoms with Gasteiger partial charge < -0.3 is 5.32 Å². The van der Waals surface area contributed by atoms with E-state index in [1.165, 1.54) is 23.9 Å². The number of carbonyl (C=O) groups excluding carboxylic acids is 1. The third kappa shape index (κ3) is 5.55. The molecule has 3 nitrogen and oxygen atoms in total. The average molecular weight is 399 g/mol. The topological polar surface area (TPSA) is 42.0 Å². The van der Waals surface area contributed by atoms with E-state index in [1.807, 2.05) is 18.2 Å². The summed E-state index contributed by atoms with van der Waals surface area (Å²) in [6, 6.07) is 16.3. The van der Waals surface area contributed by atoms with Crippen LogP contribution in [0.15, 0.2) is 60.8 Å². The lowest BCUT2D eigenvalue weighted by Crippen LogP contribution is -2.48. The number of benzene rings is 2. The van der Waals surface area contributed by atoms with Crippen molar-refractivity contribution in [1.29, 1.82) is 0 Å². The van der Waals surface area contributed by atoms with Gasteiger partial charge in [0.15, 0.2) is 0 Å². The molecule has 5 heteroatoms. The number of nitrogens with zero attached hydrogens (tertiary/aromatic N) is 1. The highest BCUT2D eigenvalue weighted by Gasteiger charge is 2.28. The molecule has 0 aliphatic heterocycles. The van der Waals surface area contributed by atoms with Crippen molar-refractivity contribution in [1.82, 2.24) is 10.3 Å². The largest absolute Gasteiger partial charge is 0.346 e. The fourth-order valence-corrected chi connectivity index (χ4v) is 3.68. The first-order valence-corrected chi connectivity index (χ1v) is 9.26. The molecular formula is C23H27FN2OS. The summed E-state index contributed by atoms with van der Waals surface area (Å²) < 4.78 is 13.3. The van der Waals surface area contributed by atoms with Crippen molar-refractivity contribution < 1.29 is 9.18 Å². The number of rotatable bonds is 6. The van der Waals surface area contributed by atoms with E-state index in [0.29, 0.717) is 17.0 Å². The van der Waals surface area contributed by atoms with Crippen molar-refractivity contribution in [2.24, 2.45) is 5.92 Å². The Morgan fingerprint density at radius 3 is 2.54 bits per heavy atom. The lowest BCUT2D eigenvalue weighted by atomic mass is 9.84. The highest BCUT2D eigenvalue weighted by molar-refractivity contribution is 7.59. The number of nitrogens with one attached hydrogen (secondary N) is 1. The zero-order chi connectivity index (χ0) is 19.4. The molecule has 0 aliphatic carbocycles. The summed E-state index contributed by atoms with van der Waals surface area (Å²) in [7, 11) is 0. The molecule has 3 aromatic rings. The van der Waals surface area contributed by atoms with Gasteiger partial charge in [-0.25, -0.2) is 4.39 Å². The molecule has 0 unspecified atom stereocenters. The molecule has 1 aromatic heterocycles. The number of aromatic nitrogens is 1. The van der Waals surface area contributed by atoms with Crippen molar-refractivity contribution in [3.05, 3.63) is 77.7 Å². The van der Waals surface area contributed by atoms with E-state index in [-0.39, 0.29) is 30.8 Å². The van der Waals surface area contributed by atoms with Crippen LogP contribution in [-0.4, -0.2) is 16.4 Å². The quantitative estimate of drug-likeness (QED) is 0.615. The Labute approximate surface area is 172 Å². The molecule has 0 bridgehead atoms. The second-order valence-electron chi connectivity index (χ2n) is 7.84. The van der Waals surface area contributed by atoms with Crippen molar-refractivity contribution >= 4 is 30.3 Å². The highest BCUT2D eigenvalue weighted by atomic mass is 32.1. The van der Waals surface area contributed by atoms with Gasteiger partial charge >= 0.3 is 0 Å². The maximum Gasteiger partial charge on any atom is 0.253 e. The van der Waals surface area contributed by atoms with Gasteiger partial charge in [0, 0.05) is 23.2 Å². The maximum atomic E-state index is 13.3. The van der Waals surface area contributed by atoms with Crippen LogP contribution in [0.2, 0.25) is 0 Å². The van der Waals surface area contributed by atoms with E-state index >= 15 is 0 Å². The minimum atomic E-state index is -0.371. The van der Waals surface area contributed by atoms with E-state index in [1.54, 1.807) is 12.1 Å². The molecule has 1 atom stereocenters. The van der Waals surface area contributed by atoms with Gasteiger partial charge in [-0.15, -0.1) is 0 Å². The molecule has 1 N–H and O–H groups in total. The van der Waals surface area contributed by atoms with E-state index < -0.39 is 0 Å². The van der Waals surface area contributed by atoms with Crippen LogP contribution < -0.4 is 5.32 Å². The monoisotopic (exact) mass is 398 g/mol. The third-order valence-electron chi connectivity index (χ3n) is 4.62. The molecule has 2 aromatic carbocycles. The molecule has 1 amide bonds. The lowest BCUT2D eigenvalue weighted by Gasteiger charge is -2.33. The predicted octanol–water partition coefficient (Wildman–Crippen LogP) is 5.26. The van der Waals surface area contributed by atoms with Crippen LogP contribution in [0.1, 0.15) is 43.1 Å². The van der Waals surface area contributed by atoms with Crippen LogP contribution in [0.25, 0.3) is 10.9 Å². The zero-order valence-corrected chi connectivity index (χ0v) is 17.5. The molecule has 3 rings (SSSR count). The average Bonchev–Trinajstić information content (AvgIpc) is 2.61. The molecule has 0 saturated heterocycles. The fraction of sp³-hybridized carbons (Fsp3) is 0.304. The molecule has 0 spiro atoms. The molecular weight excluding hydrogens is 371 g/mol.